The van der Waals surface area contributed by atoms with Gasteiger partial charge in [-0.25, -0.2) is 13.2 Å². The third-order valence-corrected chi connectivity index (χ3v) is 8.49. The Hall–Kier alpha value is -3.86. The first-order valence-electron chi connectivity index (χ1n) is 13.0. The highest BCUT2D eigenvalue weighted by atomic mass is 32.2. The number of sulfonamides is 1. The van der Waals surface area contributed by atoms with Crippen LogP contribution >= 0.6 is 0 Å². The normalized spacial score (nSPS) is 13.9. The molecule has 0 spiro atoms. The van der Waals surface area contributed by atoms with Crippen LogP contribution in [0.1, 0.15) is 47.1 Å². The van der Waals surface area contributed by atoms with Gasteiger partial charge in [-0.2, -0.15) is 13.2 Å². The van der Waals surface area contributed by atoms with Crippen molar-refractivity contribution >= 4 is 27.6 Å². The number of carboxylic acid groups (broad SMARTS) is 1. The molecule has 41 heavy (non-hydrogen) atoms. The maximum absolute atomic E-state index is 13.0. The van der Waals surface area contributed by atoms with Gasteiger partial charge in [0.1, 0.15) is 0 Å². The van der Waals surface area contributed by atoms with Crippen molar-refractivity contribution < 1.29 is 36.3 Å². The minimum absolute atomic E-state index is 0.0552. The first-order valence-corrected chi connectivity index (χ1v) is 14.5. The molecule has 0 bridgehead atoms. The third kappa shape index (κ3) is 8.32. The Morgan fingerprint density at radius 3 is 2.00 bits per heavy atom. The van der Waals surface area contributed by atoms with E-state index >= 15 is 0 Å². The number of carboxylic acids is 1. The van der Waals surface area contributed by atoms with Crippen LogP contribution in [-0.4, -0.2) is 38.1 Å². The molecule has 0 aromatic heterocycles. The lowest BCUT2D eigenvalue weighted by molar-refractivity contribution is -0.192. The Morgan fingerprint density at radius 1 is 0.902 bits per heavy atom. The minimum atomic E-state index is -5.08. The highest BCUT2D eigenvalue weighted by molar-refractivity contribution is 7.92. The standard InChI is InChI=1S/C28H32N2O3S.C2HF3O2/c1-20-18-22(3)26(19-21(20)2)34(32,33)30-25-13-11-24(12-14-25)28(15-16-28)27(31)29-17-7-10-23-8-5-4-6-9-23;3-2(4,5)1(6)7/h4-6,8-9,11-14,18-19,30H,7,10,15-17H2,1-3H3,(H,29,31);(H,6,7). The molecule has 1 aliphatic carbocycles. The lowest BCUT2D eigenvalue weighted by atomic mass is 9.94. The molecule has 3 N–H and O–H groups in total. The Kier molecular flexibility index (Phi) is 9.85. The van der Waals surface area contributed by atoms with Gasteiger partial charge in [0, 0.05) is 12.2 Å². The summed E-state index contributed by atoms with van der Waals surface area (Å²) in [5.41, 5.74) is 4.91. The monoisotopic (exact) mass is 590 g/mol. The van der Waals surface area contributed by atoms with Gasteiger partial charge >= 0.3 is 12.1 Å². The van der Waals surface area contributed by atoms with E-state index in [-0.39, 0.29) is 10.8 Å². The quantitative estimate of drug-likeness (QED) is 0.272. The number of aryl methyl sites for hydroxylation is 4. The second kappa shape index (κ2) is 12.8. The highest BCUT2D eigenvalue weighted by Gasteiger charge is 2.51. The van der Waals surface area contributed by atoms with Crippen molar-refractivity contribution in [2.75, 3.05) is 11.3 Å². The summed E-state index contributed by atoms with van der Waals surface area (Å²) >= 11 is 0. The highest BCUT2D eigenvalue weighted by Crippen LogP contribution is 2.48. The van der Waals surface area contributed by atoms with E-state index in [0.717, 1.165) is 42.4 Å². The van der Waals surface area contributed by atoms with Crippen molar-refractivity contribution in [3.05, 3.63) is 94.5 Å². The van der Waals surface area contributed by atoms with Crippen molar-refractivity contribution in [1.82, 2.24) is 5.32 Å². The molecule has 0 heterocycles. The molecule has 0 atom stereocenters. The summed E-state index contributed by atoms with van der Waals surface area (Å²) in [6.45, 7) is 6.32. The third-order valence-electron chi connectivity index (χ3n) is 6.97. The molecule has 0 unspecified atom stereocenters. The number of hydrogen-bond donors (Lipinski definition) is 3. The van der Waals surface area contributed by atoms with Crippen LogP contribution in [0.5, 0.6) is 0 Å². The van der Waals surface area contributed by atoms with Crippen LogP contribution in [0.15, 0.2) is 71.6 Å². The predicted octanol–water partition coefficient (Wildman–Crippen LogP) is 5.83. The van der Waals surface area contributed by atoms with Gasteiger partial charge in [0.25, 0.3) is 10.0 Å². The van der Waals surface area contributed by atoms with Gasteiger partial charge in [0.05, 0.1) is 10.3 Å². The molecule has 3 aromatic rings. The summed E-state index contributed by atoms with van der Waals surface area (Å²) < 4.78 is 60.3. The summed E-state index contributed by atoms with van der Waals surface area (Å²) in [6, 6.07) is 21.1. The zero-order chi connectivity index (χ0) is 30.4. The largest absolute Gasteiger partial charge is 0.490 e. The number of benzene rings is 3. The smallest absolute Gasteiger partial charge is 0.475 e. The van der Waals surface area contributed by atoms with Gasteiger partial charge in [-0.15, -0.1) is 0 Å². The van der Waals surface area contributed by atoms with Gasteiger partial charge in [0.2, 0.25) is 5.91 Å². The summed E-state index contributed by atoms with van der Waals surface area (Å²) in [5, 5.41) is 10.2. The molecular formula is C30H33F3N2O5S. The van der Waals surface area contributed by atoms with Gasteiger partial charge in [0.15, 0.2) is 0 Å². The van der Waals surface area contributed by atoms with Crippen LogP contribution in [0.25, 0.3) is 0 Å². The SMILES string of the molecule is Cc1cc(C)c(S(=O)(=O)Nc2ccc(C3(C(=O)NCCCc4ccccc4)CC3)cc2)cc1C.O=C(O)C(F)(F)F. The van der Waals surface area contributed by atoms with E-state index < -0.39 is 27.6 Å². The van der Waals surface area contributed by atoms with E-state index in [0.29, 0.717) is 17.8 Å². The fourth-order valence-electron chi connectivity index (χ4n) is 4.37. The molecule has 3 aromatic carbocycles. The fourth-order valence-corrected chi connectivity index (χ4v) is 5.74. The molecule has 1 amide bonds. The average molecular weight is 591 g/mol. The first-order chi connectivity index (χ1) is 19.2. The molecule has 0 aliphatic heterocycles. The number of alkyl halides is 3. The van der Waals surface area contributed by atoms with Crippen molar-refractivity contribution in [2.24, 2.45) is 0 Å². The van der Waals surface area contributed by atoms with Crippen LogP contribution < -0.4 is 10.0 Å². The van der Waals surface area contributed by atoms with Gasteiger partial charge < -0.3 is 10.4 Å². The van der Waals surface area contributed by atoms with Crippen molar-refractivity contribution in [3.8, 4) is 0 Å². The molecule has 1 fully saturated rings. The number of amides is 1. The molecule has 11 heteroatoms. The van der Waals surface area contributed by atoms with Crippen LogP contribution in [0.4, 0.5) is 18.9 Å². The minimum Gasteiger partial charge on any atom is -0.475 e. The van der Waals surface area contributed by atoms with Gasteiger partial charge in [-0.1, -0.05) is 48.5 Å². The van der Waals surface area contributed by atoms with E-state index in [9.17, 15) is 26.4 Å². The Morgan fingerprint density at radius 2 is 1.46 bits per heavy atom. The molecule has 220 valence electrons. The molecule has 1 saturated carbocycles. The van der Waals surface area contributed by atoms with Crippen LogP contribution in [0.2, 0.25) is 0 Å². The summed E-state index contributed by atoms with van der Waals surface area (Å²) in [4.78, 5) is 22.1. The second-order valence-corrected chi connectivity index (χ2v) is 11.8. The number of halogens is 3. The maximum atomic E-state index is 13.0. The number of carbonyl (C=O) groups is 2. The molecule has 4 rings (SSSR count). The van der Waals surface area contributed by atoms with Crippen LogP contribution in [0.3, 0.4) is 0 Å². The van der Waals surface area contributed by atoms with E-state index in [2.05, 4.69) is 22.2 Å². The number of aliphatic carboxylic acids is 1. The van der Waals surface area contributed by atoms with E-state index in [1.165, 1.54) is 5.56 Å². The van der Waals surface area contributed by atoms with Crippen molar-refractivity contribution in [2.45, 2.75) is 62.9 Å². The molecular weight excluding hydrogens is 557 g/mol. The maximum Gasteiger partial charge on any atom is 0.490 e. The topological polar surface area (TPSA) is 113 Å². The Labute approximate surface area is 237 Å². The second-order valence-electron chi connectivity index (χ2n) is 10.1. The van der Waals surface area contributed by atoms with Crippen molar-refractivity contribution in [3.63, 3.8) is 0 Å². The number of hydrogen-bond acceptors (Lipinski definition) is 4. The van der Waals surface area contributed by atoms with E-state index in [4.69, 9.17) is 9.90 Å². The lowest BCUT2D eigenvalue weighted by Crippen LogP contribution is -2.35. The summed E-state index contributed by atoms with van der Waals surface area (Å²) in [6.07, 6.45) is -1.64. The Balaban J connectivity index is 0.000000587. The Bertz CT molecular complexity index is 1490. The summed E-state index contributed by atoms with van der Waals surface area (Å²) in [7, 11) is -3.70. The number of carbonyl (C=O) groups excluding carboxylic acids is 1. The first kappa shape index (κ1) is 31.7. The fraction of sp³-hybridized carbons (Fsp3) is 0.333. The van der Waals surface area contributed by atoms with Crippen LogP contribution in [0, 0.1) is 20.8 Å². The average Bonchev–Trinajstić information content (AvgIpc) is 3.71. The van der Waals surface area contributed by atoms with Crippen molar-refractivity contribution in [1.29, 1.82) is 0 Å². The number of anilines is 1. The molecule has 0 saturated heterocycles. The van der Waals surface area contributed by atoms with Crippen LogP contribution in [-0.2, 0) is 31.4 Å². The summed E-state index contributed by atoms with van der Waals surface area (Å²) in [5.74, 6) is -2.70. The van der Waals surface area contributed by atoms with E-state index in [1.54, 1.807) is 25.1 Å². The molecule has 7 nitrogen and oxygen atoms in total. The van der Waals surface area contributed by atoms with Gasteiger partial charge in [-0.05, 0) is 92.5 Å². The zero-order valence-corrected chi connectivity index (χ0v) is 23.8. The van der Waals surface area contributed by atoms with Gasteiger partial charge in [-0.3, -0.25) is 9.52 Å². The lowest BCUT2D eigenvalue weighted by Gasteiger charge is -2.17. The number of nitrogens with one attached hydrogen (secondary N) is 2. The number of rotatable bonds is 9. The molecule has 0 radical (unpaired) electrons. The van der Waals surface area contributed by atoms with E-state index in [1.807, 2.05) is 50.2 Å². The molecule has 1 aliphatic rings. The zero-order valence-electron chi connectivity index (χ0n) is 23.0. The predicted molar refractivity (Wildman–Crippen MR) is 150 cm³/mol.